The largest absolute Gasteiger partial charge is 0.295 e. The summed E-state index contributed by atoms with van der Waals surface area (Å²) in [5, 5.41) is 12.7. The van der Waals surface area contributed by atoms with Gasteiger partial charge >= 0.3 is 0 Å². The van der Waals surface area contributed by atoms with Crippen molar-refractivity contribution < 1.29 is 4.92 Å². The van der Waals surface area contributed by atoms with E-state index in [-0.39, 0.29) is 5.69 Å². The van der Waals surface area contributed by atoms with E-state index in [2.05, 4.69) is 4.98 Å². The predicted octanol–water partition coefficient (Wildman–Crippen LogP) is 5.62. The lowest BCUT2D eigenvalue weighted by Gasteiger charge is -2.02. The average Bonchev–Trinajstić information content (AvgIpc) is 2.55. The van der Waals surface area contributed by atoms with Crippen molar-refractivity contribution in [3.8, 4) is 0 Å². The zero-order chi connectivity index (χ0) is 16.4. The van der Waals surface area contributed by atoms with Crippen LogP contribution >= 0.6 is 23.2 Å². The van der Waals surface area contributed by atoms with Crippen LogP contribution in [0, 0.1) is 10.1 Å². The predicted molar refractivity (Wildman–Crippen MR) is 93.8 cm³/mol. The maximum atomic E-state index is 11.1. The van der Waals surface area contributed by atoms with Crippen LogP contribution in [0.3, 0.4) is 0 Å². The smallest absolute Gasteiger partial charge is 0.258 e. The Hall–Kier alpha value is -2.43. The van der Waals surface area contributed by atoms with Crippen molar-refractivity contribution in [1.29, 1.82) is 0 Å². The lowest BCUT2D eigenvalue weighted by Crippen LogP contribution is -1.92. The fourth-order valence-electron chi connectivity index (χ4n) is 2.21. The molecule has 23 heavy (non-hydrogen) atoms. The summed E-state index contributed by atoms with van der Waals surface area (Å²) >= 11 is 12.1. The molecule has 0 atom stereocenters. The van der Waals surface area contributed by atoms with Gasteiger partial charge in [-0.05, 0) is 23.8 Å². The third-order valence-electron chi connectivity index (χ3n) is 3.33. The zero-order valence-corrected chi connectivity index (χ0v) is 13.3. The van der Waals surface area contributed by atoms with Crippen molar-refractivity contribution in [1.82, 2.24) is 4.98 Å². The van der Waals surface area contributed by atoms with E-state index in [0.717, 1.165) is 10.9 Å². The van der Waals surface area contributed by atoms with Gasteiger partial charge in [-0.25, -0.2) is 4.98 Å². The van der Waals surface area contributed by atoms with Gasteiger partial charge in [0, 0.05) is 11.5 Å². The summed E-state index contributed by atoms with van der Waals surface area (Å²) in [6.07, 6.45) is 3.52. The molecule has 0 amide bonds. The number of pyridine rings is 1. The van der Waals surface area contributed by atoms with E-state index in [0.29, 0.717) is 21.3 Å². The Balaban J connectivity index is 2.04. The number of rotatable bonds is 3. The van der Waals surface area contributed by atoms with E-state index >= 15 is 0 Å². The monoisotopic (exact) mass is 344 g/mol. The summed E-state index contributed by atoms with van der Waals surface area (Å²) in [5.74, 6) is 0. The summed E-state index contributed by atoms with van der Waals surface area (Å²) in [4.78, 5) is 15.0. The molecule has 2 aromatic carbocycles. The number of nitro benzene ring substituents is 1. The number of para-hydroxylation sites is 1. The molecule has 1 aromatic heterocycles. The molecule has 0 N–H and O–H groups in total. The van der Waals surface area contributed by atoms with E-state index in [1.165, 1.54) is 6.07 Å². The Kier molecular flexibility index (Phi) is 4.28. The topological polar surface area (TPSA) is 56.0 Å². The Labute approximate surface area is 142 Å². The first kappa shape index (κ1) is 15.5. The standard InChI is InChI=1S/C17H10Cl2N2O2/c18-14-5-1-3-11(16(14)19)7-9-13-10-8-12-4-2-6-15(21(22)23)17(12)20-13/h1-10H. The van der Waals surface area contributed by atoms with Crippen LogP contribution in [0.25, 0.3) is 23.1 Å². The minimum atomic E-state index is -0.434. The molecule has 0 aliphatic heterocycles. The van der Waals surface area contributed by atoms with Gasteiger partial charge in [-0.2, -0.15) is 0 Å². The van der Waals surface area contributed by atoms with Gasteiger partial charge in [0.1, 0.15) is 5.52 Å². The number of nitro groups is 1. The Morgan fingerprint density at radius 1 is 1.00 bits per heavy atom. The first-order valence-electron chi connectivity index (χ1n) is 6.72. The molecular weight excluding hydrogens is 335 g/mol. The van der Waals surface area contributed by atoms with Gasteiger partial charge in [-0.3, -0.25) is 10.1 Å². The van der Waals surface area contributed by atoms with Crippen LogP contribution in [0.4, 0.5) is 5.69 Å². The summed E-state index contributed by atoms with van der Waals surface area (Å²) in [6, 6.07) is 13.8. The molecule has 0 spiro atoms. The van der Waals surface area contributed by atoms with Crippen molar-refractivity contribution in [2.24, 2.45) is 0 Å². The Morgan fingerprint density at radius 2 is 1.78 bits per heavy atom. The summed E-state index contributed by atoms with van der Waals surface area (Å²) in [6.45, 7) is 0. The number of hydrogen-bond acceptors (Lipinski definition) is 3. The molecule has 0 radical (unpaired) electrons. The first-order valence-corrected chi connectivity index (χ1v) is 7.48. The van der Waals surface area contributed by atoms with Gasteiger partial charge in [0.05, 0.1) is 20.7 Å². The number of benzene rings is 2. The van der Waals surface area contributed by atoms with Gasteiger partial charge in [0.25, 0.3) is 5.69 Å². The first-order chi connectivity index (χ1) is 11.1. The van der Waals surface area contributed by atoms with E-state index in [1.807, 2.05) is 6.07 Å². The summed E-state index contributed by atoms with van der Waals surface area (Å²) in [7, 11) is 0. The molecule has 0 saturated heterocycles. The fraction of sp³-hybridized carbons (Fsp3) is 0. The third kappa shape index (κ3) is 3.18. The summed E-state index contributed by atoms with van der Waals surface area (Å²) < 4.78 is 0. The van der Waals surface area contributed by atoms with Crippen LogP contribution in [-0.2, 0) is 0 Å². The van der Waals surface area contributed by atoms with Crippen LogP contribution in [0.15, 0.2) is 48.5 Å². The third-order valence-corrected chi connectivity index (χ3v) is 4.17. The maximum Gasteiger partial charge on any atom is 0.295 e. The molecule has 0 saturated carbocycles. The van der Waals surface area contributed by atoms with Crippen molar-refractivity contribution in [3.63, 3.8) is 0 Å². The molecule has 0 fully saturated rings. The van der Waals surface area contributed by atoms with E-state index in [1.54, 1.807) is 48.6 Å². The van der Waals surface area contributed by atoms with Crippen molar-refractivity contribution in [3.05, 3.63) is 79.9 Å². The molecule has 1 heterocycles. The molecule has 0 aliphatic carbocycles. The fourth-order valence-corrected chi connectivity index (χ4v) is 2.58. The quantitative estimate of drug-likeness (QED) is 0.457. The van der Waals surface area contributed by atoms with E-state index < -0.39 is 4.92 Å². The highest BCUT2D eigenvalue weighted by Gasteiger charge is 2.12. The highest BCUT2D eigenvalue weighted by Crippen LogP contribution is 2.27. The van der Waals surface area contributed by atoms with Gasteiger partial charge in [0.15, 0.2) is 0 Å². The molecule has 114 valence electrons. The van der Waals surface area contributed by atoms with Crippen LogP contribution in [-0.4, -0.2) is 9.91 Å². The van der Waals surface area contributed by atoms with Gasteiger partial charge < -0.3 is 0 Å². The maximum absolute atomic E-state index is 11.1. The van der Waals surface area contributed by atoms with Crippen molar-refractivity contribution in [2.75, 3.05) is 0 Å². The van der Waals surface area contributed by atoms with Crippen LogP contribution < -0.4 is 0 Å². The molecule has 0 unspecified atom stereocenters. The molecule has 6 heteroatoms. The zero-order valence-electron chi connectivity index (χ0n) is 11.7. The van der Waals surface area contributed by atoms with Crippen molar-refractivity contribution >= 4 is 51.9 Å². The van der Waals surface area contributed by atoms with Crippen molar-refractivity contribution in [2.45, 2.75) is 0 Å². The van der Waals surface area contributed by atoms with Gasteiger partial charge in [0.2, 0.25) is 0 Å². The second-order valence-electron chi connectivity index (χ2n) is 4.82. The van der Waals surface area contributed by atoms with Gasteiger partial charge in [-0.1, -0.05) is 59.6 Å². The van der Waals surface area contributed by atoms with Crippen LogP contribution in [0.1, 0.15) is 11.3 Å². The minimum Gasteiger partial charge on any atom is -0.258 e. The number of fused-ring (bicyclic) bond motifs is 1. The molecule has 0 bridgehead atoms. The molecule has 3 rings (SSSR count). The molecule has 3 aromatic rings. The highest BCUT2D eigenvalue weighted by atomic mass is 35.5. The number of hydrogen-bond donors (Lipinski definition) is 0. The lowest BCUT2D eigenvalue weighted by molar-refractivity contribution is -0.383. The second kappa shape index (κ2) is 6.36. The minimum absolute atomic E-state index is 0.0152. The summed E-state index contributed by atoms with van der Waals surface area (Å²) in [5.41, 5.74) is 1.70. The normalized spacial score (nSPS) is 11.2. The Morgan fingerprint density at radius 3 is 2.57 bits per heavy atom. The Bertz CT molecular complexity index is 939. The lowest BCUT2D eigenvalue weighted by atomic mass is 10.1. The number of non-ortho nitro benzene ring substituents is 1. The number of nitrogens with zero attached hydrogens (tertiary/aromatic N) is 2. The second-order valence-corrected chi connectivity index (χ2v) is 5.60. The number of halogens is 2. The highest BCUT2D eigenvalue weighted by molar-refractivity contribution is 6.42. The van der Waals surface area contributed by atoms with Gasteiger partial charge in [-0.15, -0.1) is 0 Å². The van der Waals surface area contributed by atoms with E-state index in [4.69, 9.17) is 23.2 Å². The number of aromatic nitrogens is 1. The molecule has 0 aliphatic rings. The molecular formula is C17H10Cl2N2O2. The SMILES string of the molecule is O=[N+]([O-])c1cccc2ccc(C=Cc3cccc(Cl)c3Cl)nc12. The van der Waals surface area contributed by atoms with E-state index in [9.17, 15) is 10.1 Å². The van der Waals surface area contributed by atoms with Crippen LogP contribution in [0.5, 0.6) is 0 Å². The van der Waals surface area contributed by atoms with Crippen LogP contribution in [0.2, 0.25) is 10.0 Å². The average molecular weight is 345 g/mol. The molecule has 4 nitrogen and oxygen atoms in total.